The third kappa shape index (κ3) is 6.39. The highest BCUT2D eigenvalue weighted by Gasteiger charge is 2.16. The second kappa shape index (κ2) is 9.47. The molecule has 0 aliphatic carbocycles. The van der Waals surface area contributed by atoms with Gasteiger partial charge in [0.1, 0.15) is 0 Å². The SMILES string of the molecule is CCCCCCC(O)C(CC)OCC. The molecule has 2 atom stereocenters. The molecule has 0 saturated heterocycles. The van der Waals surface area contributed by atoms with E-state index in [-0.39, 0.29) is 12.2 Å². The summed E-state index contributed by atoms with van der Waals surface area (Å²) in [5, 5.41) is 9.81. The van der Waals surface area contributed by atoms with Crippen molar-refractivity contribution >= 4 is 0 Å². The van der Waals surface area contributed by atoms with Crippen LogP contribution >= 0.6 is 0 Å². The number of ether oxygens (including phenoxy) is 1. The average Bonchev–Trinajstić information content (AvgIpc) is 2.20. The highest BCUT2D eigenvalue weighted by molar-refractivity contribution is 4.67. The standard InChI is InChI=1S/C12H26O2/c1-4-7-8-9-10-11(13)12(5-2)14-6-3/h11-13H,4-10H2,1-3H3. The van der Waals surface area contributed by atoms with Crippen molar-refractivity contribution in [1.29, 1.82) is 0 Å². The summed E-state index contributed by atoms with van der Waals surface area (Å²) >= 11 is 0. The van der Waals surface area contributed by atoms with Crippen LogP contribution in [0.1, 0.15) is 59.3 Å². The molecule has 0 heterocycles. The van der Waals surface area contributed by atoms with Gasteiger partial charge in [-0.25, -0.2) is 0 Å². The lowest BCUT2D eigenvalue weighted by Gasteiger charge is -2.21. The van der Waals surface area contributed by atoms with Gasteiger partial charge in [-0.05, 0) is 19.8 Å². The summed E-state index contributed by atoms with van der Waals surface area (Å²) in [5.41, 5.74) is 0. The van der Waals surface area contributed by atoms with E-state index in [0.29, 0.717) is 6.61 Å². The third-order valence-electron chi connectivity index (χ3n) is 2.57. The first-order chi connectivity index (χ1) is 6.76. The number of aliphatic hydroxyl groups excluding tert-OH is 1. The molecule has 0 fully saturated rings. The molecular formula is C12H26O2. The average molecular weight is 202 g/mol. The summed E-state index contributed by atoms with van der Waals surface area (Å²) in [7, 11) is 0. The van der Waals surface area contributed by atoms with Gasteiger partial charge in [-0.1, -0.05) is 39.5 Å². The molecule has 2 unspecified atom stereocenters. The maximum absolute atomic E-state index is 9.81. The van der Waals surface area contributed by atoms with E-state index in [4.69, 9.17) is 4.74 Å². The van der Waals surface area contributed by atoms with Crippen molar-refractivity contribution in [3.05, 3.63) is 0 Å². The molecule has 0 bridgehead atoms. The number of hydrogen-bond donors (Lipinski definition) is 1. The molecule has 2 heteroatoms. The first-order valence-electron chi connectivity index (χ1n) is 6.05. The quantitative estimate of drug-likeness (QED) is 0.582. The lowest BCUT2D eigenvalue weighted by molar-refractivity contribution is -0.0380. The van der Waals surface area contributed by atoms with Gasteiger partial charge in [0.15, 0.2) is 0 Å². The van der Waals surface area contributed by atoms with Crippen LogP contribution in [0.5, 0.6) is 0 Å². The van der Waals surface area contributed by atoms with E-state index in [1.807, 2.05) is 6.92 Å². The Kier molecular flexibility index (Phi) is 9.42. The molecule has 0 aromatic rings. The molecule has 0 aromatic carbocycles. The topological polar surface area (TPSA) is 29.5 Å². The Hall–Kier alpha value is -0.0800. The van der Waals surface area contributed by atoms with Crippen molar-refractivity contribution in [2.75, 3.05) is 6.61 Å². The second-order valence-electron chi connectivity index (χ2n) is 3.82. The summed E-state index contributed by atoms with van der Waals surface area (Å²) < 4.78 is 5.46. The monoisotopic (exact) mass is 202 g/mol. The highest BCUT2D eigenvalue weighted by atomic mass is 16.5. The van der Waals surface area contributed by atoms with Crippen molar-refractivity contribution in [3.8, 4) is 0 Å². The first-order valence-corrected chi connectivity index (χ1v) is 6.05. The van der Waals surface area contributed by atoms with Crippen molar-refractivity contribution in [2.45, 2.75) is 71.5 Å². The predicted octanol–water partition coefficient (Wildman–Crippen LogP) is 3.13. The molecule has 1 N–H and O–H groups in total. The van der Waals surface area contributed by atoms with Crippen LogP contribution in [0.2, 0.25) is 0 Å². The minimum absolute atomic E-state index is 0.0432. The van der Waals surface area contributed by atoms with Crippen molar-refractivity contribution < 1.29 is 9.84 Å². The minimum atomic E-state index is -0.267. The Morgan fingerprint density at radius 2 is 1.79 bits per heavy atom. The number of rotatable bonds is 9. The zero-order valence-electron chi connectivity index (χ0n) is 9.96. The zero-order valence-corrected chi connectivity index (χ0v) is 9.96. The fourth-order valence-electron chi connectivity index (χ4n) is 1.68. The molecule has 0 radical (unpaired) electrons. The molecule has 14 heavy (non-hydrogen) atoms. The van der Waals surface area contributed by atoms with Gasteiger partial charge in [-0.3, -0.25) is 0 Å². The van der Waals surface area contributed by atoms with Gasteiger partial charge in [0.05, 0.1) is 12.2 Å². The van der Waals surface area contributed by atoms with Gasteiger partial charge in [-0.15, -0.1) is 0 Å². The highest BCUT2D eigenvalue weighted by Crippen LogP contribution is 2.12. The second-order valence-corrected chi connectivity index (χ2v) is 3.82. The van der Waals surface area contributed by atoms with Gasteiger partial charge in [0, 0.05) is 6.61 Å². The van der Waals surface area contributed by atoms with Crippen LogP contribution in [0, 0.1) is 0 Å². The number of hydrogen-bond acceptors (Lipinski definition) is 2. The van der Waals surface area contributed by atoms with E-state index in [1.54, 1.807) is 0 Å². The third-order valence-corrected chi connectivity index (χ3v) is 2.57. The van der Waals surface area contributed by atoms with Gasteiger partial charge in [0.25, 0.3) is 0 Å². The predicted molar refractivity (Wildman–Crippen MR) is 60.5 cm³/mol. The Bertz CT molecular complexity index is 115. The molecule has 0 rings (SSSR count). The Labute approximate surface area is 88.7 Å². The van der Waals surface area contributed by atoms with Gasteiger partial charge < -0.3 is 9.84 Å². The Morgan fingerprint density at radius 1 is 1.07 bits per heavy atom. The molecule has 0 saturated carbocycles. The van der Waals surface area contributed by atoms with Crippen LogP contribution in [0.4, 0.5) is 0 Å². The van der Waals surface area contributed by atoms with Gasteiger partial charge in [0.2, 0.25) is 0 Å². The van der Waals surface area contributed by atoms with Crippen LogP contribution in [0.25, 0.3) is 0 Å². The zero-order chi connectivity index (χ0) is 10.8. The molecule has 0 aliphatic rings. The van der Waals surface area contributed by atoms with Crippen molar-refractivity contribution in [2.24, 2.45) is 0 Å². The maximum Gasteiger partial charge on any atom is 0.0831 e. The molecule has 86 valence electrons. The normalized spacial score (nSPS) is 15.4. The summed E-state index contributed by atoms with van der Waals surface area (Å²) in [4.78, 5) is 0. The smallest absolute Gasteiger partial charge is 0.0831 e. The summed E-state index contributed by atoms with van der Waals surface area (Å²) in [6, 6.07) is 0. The van der Waals surface area contributed by atoms with Crippen LogP contribution < -0.4 is 0 Å². The first kappa shape index (κ1) is 13.9. The van der Waals surface area contributed by atoms with E-state index >= 15 is 0 Å². The lowest BCUT2D eigenvalue weighted by Crippen LogP contribution is -2.28. The minimum Gasteiger partial charge on any atom is -0.390 e. The summed E-state index contributed by atoms with van der Waals surface area (Å²) in [6.07, 6.45) is 6.45. The summed E-state index contributed by atoms with van der Waals surface area (Å²) in [5.74, 6) is 0. The van der Waals surface area contributed by atoms with Crippen molar-refractivity contribution in [3.63, 3.8) is 0 Å². The molecule has 0 spiro atoms. The van der Waals surface area contributed by atoms with E-state index in [2.05, 4.69) is 13.8 Å². The molecule has 0 aromatic heterocycles. The van der Waals surface area contributed by atoms with Crippen LogP contribution in [0.3, 0.4) is 0 Å². The number of aliphatic hydroxyl groups is 1. The molecule has 0 aliphatic heterocycles. The Morgan fingerprint density at radius 3 is 2.29 bits per heavy atom. The van der Waals surface area contributed by atoms with E-state index in [1.165, 1.54) is 19.3 Å². The lowest BCUT2D eigenvalue weighted by atomic mass is 10.0. The fourth-order valence-corrected chi connectivity index (χ4v) is 1.68. The Balaban J connectivity index is 3.52. The maximum atomic E-state index is 9.81. The van der Waals surface area contributed by atoms with Gasteiger partial charge in [-0.2, -0.15) is 0 Å². The molecular weight excluding hydrogens is 176 g/mol. The summed E-state index contributed by atoms with van der Waals surface area (Å²) in [6.45, 7) is 6.94. The van der Waals surface area contributed by atoms with Crippen LogP contribution in [-0.4, -0.2) is 23.9 Å². The molecule has 2 nitrogen and oxygen atoms in total. The van der Waals surface area contributed by atoms with Crippen molar-refractivity contribution in [1.82, 2.24) is 0 Å². The fraction of sp³-hybridized carbons (Fsp3) is 1.00. The van der Waals surface area contributed by atoms with Crippen LogP contribution in [-0.2, 0) is 4.74 Å². The van der Waals surface area contributed by atoms with E-state index in [0.717, 1.165) is 19.3 Å². The van der Waals surface area contributed by atoms with E-state index < -0.39 is 0 Å². The van der Waals surface area contributed by atoms with Gasteiger partial charge >= 0.3 is 0 Å². The van der Waals surface area contributed by atoms with Crippen LogP contribution in [0.15, 0.2) is 0 Å². The number of unbranched alkanes of at least 4 members (excludes halogenated alkanes) is 3. The van der Waals surface area contributed by atoms with E-state index in [9.17, 15) is 5.11 Å². The molecule has 0 amide bonds. The largest absolute Gasteiger partial charge is 0.390 e.